The minimum Gasteiger partial charge on any atom is -0.383 e. The maximum Gasteiger partial charge on any atom is 0.240 e. The molecule has 3 rings (SSSR count). The van der Waals surface area contributed by atoms with Gasteiger partial charge in [-0.3, -0.25) is 4.79 Å². The van der Waals surface area contributed by atoms with E-state index in [1.54, 1.807) is 18.9 Å². The highest BCUT2D eigenvalue weighted by atomic mass is 32.2. The van der Waals surface area contributed by atoms with Crippen molar-refractivity contribution in [3.05, 3.63) is 47.3 Å². The monoisotopic (exact) mass is 387 g/mol. The summed E-state index contributed by atoms with van der Waals surface area (Å²) in [5.41, 5.74) is 3.17. The number of imidazole rings is 1. The van der Waals surface area contributed by atoms with Crippen LogP contribution in [0, 0.1) is 13.8 Å². The molecule has 0 saturated carbocycles. The number of methoxy groups -OCH3 is 1. The predicted octanol–water partition coefficient (Wildman–Crippen LogP) is 3.99. The number of piperidine rings is 1. The van der Waals surface area contributed by atoms with Crippen molar-refractivity contribution >= 4 is 17.7 Å². The van der Waals surface area contributed by atoms with Crippen LogP contribution < -0.4 is 0 Å². The number of hydrogen-bond acceptors (Lipinski definition) is 4. The third-order valence-corrected chi connectivity index (χ3v) is 6.39. The second-order valence-electron chi connectivity index (χ2n) is 7.00. The van der Waals surface area contributed by atoms with Gasteiger partial charge in [0.05, 0.1) is 12.3 Å². The van der Waals surface area contributed by atoms with Crippen LogP contribution in [0.1, 0.15) is 41.5 Å². The van der Waals surface area contributed by atoms with Crippen LogP contribution in [0.4, 0.5) is 0 Å². The molecular weight excluding hydrogens is 358 g/mol. The van der Waals surface area contributed by atoms with Gasteiger partial charge in [0.1, 0.15) is 5.25 Å². The molecule has 0 N–H and O–H groups in total. The van der Waals surface area contributed by atoms with Gasteiger partial charge in [-0.2, -0.15) is 0 Å². The van der Waals surface area contributed by atoms with E-state index < -0.39 is 0 Å². The highest BCUT2D eigenvalue weighted by Gasteiger charge is 2.29. The number of carbonyl (C=O) groups excluding carboxylic acids is 1. The molecule has 1 saturated heterocycles. The average molecular weight is 388 g/mol. The molecule has 1 amide bonds. The van der Waals surface area contributed by atoms with Crippen LogP contribution in [0.2, 0.25) is 0 Å². The summed E-state index contributed by atoms with van der Waals surface area (Å²) >= 11 is 1.56. The third kappa shape index (κ3) is 4.74. The van der Waals surface area contributed by atoms with Crippen LogP contribution >= 0.6 is 11.8 Å². The van der Waals surface area contributed by atoms with E-state index in [0.29, 0.717) is 6.61 Å². The number of ether oxygens (including phenoxy) is 1. The minimum absolute atomic E-state index is 0.197. The van der Waals surface area contributed by atoms with Crippen LogP contribution in [-0.4, -0.2) is 47.2 Å². The van der Waals surface area contributed by atoms with Crippen molar-refractivity contribution in [2.75, 3.05) is 26.8 Å². The first-order valence-electron chi connectivity index (χ1n) is 9.65. The van der Waals surface area contributed by atoms with Crippen LogP contribution in [0.25, 0.3) is 0 Å². The second kappa shape index (κ2) is 9.42. The zero-order valence-electron chi connectivity index (χ0n) is 16.5. The van der Waals surface area contributed by atoms with Crippen LogP contribution in [0.3, 0.4) is 0 Å². The average Bonchev–Trinajstić information content (AvgIpc) is 2.98. The lowest BCUT2D eigenvalue weighted by Crippen LogP contribution is -2.38. The van der Waals surface area contributed by atoms with Crippen molar-refractivity contribution in [1.29, 1.82) is 0 Å². The lowest BCUT2D eigenvalue weighted by atomic mass is 10.1. The molecule has 1 unspecified atom stereocenters. The fourth-order valence-electron chi connectivity index (χ4n) is 3.43. The highest BCUT2D eigenvalue weighted by molar-refractivity contribution is 8.00. The zero-order chi connectivity index (χ0) is 19.2. The van der Waals surface area contributed by atoms with Gasteiger partial charge in [0.15, 0.2) is 5.16 Å². The molecule has 146 valence electrons. The Morgan fingerprint density at radius 2 is 1.89 bits per heavy atom. The summed E-state index contributed by atoms with van der Waals surface area (Å²) in [6.45, 7) is 7.18. The molecule has 2 aromatic rings. The first-order valence-corrected chi connectivity index (χ1v) is 10.5. The van der Waals surface area contributed by atoms with Gasteiger partial charge in [-0.15, -0.1) is 0 Å². The van der Waals surface area contributed by atoms with Crippen molar-refractivity contribution in [1.82, 2.24) is 14.5 Å². The second-order valence-corrected chi connectivity index (χ2v) is 8.08. The van der Waals surface area contributed by atoms with Gasteiger partial charge in [0.25, 0.3) is 0 Å². The number of hydrogen-bond donors (Lipinski definition) is 0. The number of carbonyl (C=O) groups is 1. The Hall–Kier alpha value is -1.79. The lowest BCUT2D eigenvalue weighted by molar-refractivity contribution is -0.131. The number of nitrogens with zero attached hydrogens (tertiary/aromatic N) is 3. The van der Waals surface area contributed by atoms with E-state index in [-0.39, 0.29) is 11.2 Å². The van der Waals surface area contributed by atoms with Crippen molar-refractivity contribution in [2.24, 2.45) is 0 Å². The summed E-state index contributed by atoms with van der Waals surface area (Å²) in [5, 5.41) is 0.619. The quantitative estimate of drug-likeness (QED) is 0.674. The number of amides is 1. The highest BCUT2D eigenvalue weighted by Crippen LogP contribution is 2.37. The molecular formula is C21H29N3O2S. The number of benzene rings is 1. The van der Waals surface area contributed by atoms with Crippen molar-refractivity contribution in [2.45, 2.75) is 50.1 Å². The Balaban J connectivity index is 1.90. The Labute approximate surface area is 166 Å². The number of aryl methyl sites for hydroxylation is 1. The summed E-state index contributed by atoms with van der Waals surface area (Å²) in [7, 11) is 1.71. The van der Waals surface area contributed by atoms with Gasteiger partial charge < -0.3 is 14.2 Å². The lowest BCUT2D eigenvalue weighted by Gasteiger charge is -2.30. The molecule has 0 radical (unpaired) electrons. The van der Waals surface area contributed by atoms with E-state index in [2.05, 4.69) is 11.5 Å². The molecule has 1 aliphatic heterocycles. The summed E-state index contributed by atoms with van der Waals surface area (Å²) in [6, 6.07) is 10.1. The fourth-order valence-corrected chi connectivity index (χ4v) is 4.73. The van der Waals surface area contributed by atoms with Crippen molar-refractivity contribution in [3.63, 3.8) is 0 Å². The molecule has 6 heteroatoms. The Kier molecular flexibility index (Phi) is 6.96. The number of likely N-dealkylation sites (tertiary alicyclic amines) is 1. The zero-order valence-corrected chi connectivity index (χ0v) is 17.3. The summed E-state index contributed by atoms with van der Waals surface area (Å²) in [4.78, 5) is 20.1. The van der Waals surface area contributed by atoms with Crippen LogP contribution in [0.5, 0.6) is 0 Å². The summed E-state index contributed by atoms with van der Waals surface area (Å²) in [6.07, 6.45) is 3.41. The standard InChI is InChI=1S/C21H29N3O2S/c1-16-17(2)24(14-15-26-3)21(22-16)27-19(18-10-6-4-7-11-18)20(25)23-12-8-5-9-13-23/h4,6-7,10-11,19H,5,8-9,12-15H2,1-3H3. The molecule has 1 aromatic heterocycles. The van der Waals surface area contributed by atoms with E-state index in [1.807, 2.05) is 42.2 Å². The SMILES string of the molecule is COCCn1c(SC(C(=O)N2CCCCC2)c2ccccc2)nc(C)c1C. The van der Waals surface area contributed by atoms with Crippen molar-refractivity contribution < 1.29 is 9.53 Å². The van der Waals surface area contributed by atoms with E-state index in [4.69, 9.17) is 9.72 Å². The normalized spacial score (nSPS) is 15.7. The number of rotatable bonds is 7. The van der Waals surface area contributed by atoms with Crippen LogP contribution in [-0.2, 0) is 16.1 Å². The maximum absolute atomic E-state index is 13.4. The summed E-state index contributed by atoms with van der Waals surface area (Å²) < 4.78 is 7.43. The van der Waals surface area contributed by atoms with Gasteiger partial charge in [-0.25, -0.2) is 4.98 Å². The van der Waals surface area contributed by atoms with Gasteiger partial charge in [-0.05, 0) is 38.7 Å². The maximum atomic E-state index is 13.4. The number of thioether (sulfide) groups is 1. The first-order chi connectivity index (χ1) is 13.1. The topological polar surface area (TPSA) is 47.4 Å². The molecule has 27 heavy (non-hydrogen) atoms. The molecule has 1 atom stereocenters. The Morgan fingerprint density at radius 1 is 1.19 bits per heavy atom. The van der Waals surface area contributed by atoms with E-state index in [9.17, 15) is 4.79 Å². The molecule has 0 aliphatic carbocycles. The van der Waals surface area contributed by atoms with Crippen molar-refractivity contribution in [3.8, 4) is 0 Å². The van der Waals surface area contributed by atoms with Gasteiger partial charge in [0.2, 0.25) is 5.91 Å². The van der Waals surface area contributed by atoms with Crippen LogP contribution in [0.15, 0.2) is 35.5 Å². The fraction of sp³-hybridized carbons (Fsp3) is 0.524. The minimum atomic E-state index is -0.271. The molecule has 1 aromatic carbocycles. The smallest absolute Gasteiger partial charge is 0.240 e. The summed E-state index contributed by atoms with van der Waals surface area (Å²) in [5.74, 6) is 0.197. The van der Waals surface area contributed by atoms with Gasteiger partial charge >= 0.3 is 0 Å². The van der Waals surface area contributed by atoms with Gasteiger partial charge in [0, 0.05) is 32.4 Å². The Morgan fingerprint density at radius 3 is 2.56 bits per heavy atom. The molecule has 0 spiro atoms. The molecule has 0 bridgehead atoms. The van der Waals surface area contributed by atoms with E-state index >= 15 is 0 Å². The van der Waals surface area contributed by atoms with Gasteiger partial charge in [-0.1, -0.05) is 42.1 Å². The van der Waals surface area contributed by atoms with E-state index in [0.717, 1.165) is 54.6 Å². The number of aromatic nitrogens is 2. The third-order valence-electron chi connectivity index (χ3n) is 5.16. The molecule has 5 nitrogen and oxygen atoms in total. The predicted molar refractivity (Wildman–Crippen MR) is 109 cm³/mol. The molecule has 2 heterocycles. The molecule has 1 aliphatic rings. The van der Waals surface area contributed by atoms with E-state index in [1.165, 1.54) is 6.42 Å². The first kappa shape index (κ1) is 20.0. The largest absolute Gasteiger partial charge is 0.383 e. The Bertz CT molecular complexity index is 754. The molecule has 1 fully saturated rings.